The molecule has 6 heteroatoms. The van der Waals surface area contributed by atoms with Crippen LogP contribution in [0.1, 0.15) is 27.7 Å². The second-order valence-corrected chi connectivity index (χ2v) is 5.71. The molecule has 0 saturated heterocycles. The third-order valence-electron chi connectivity index (χ3n) is 2.94. The van der Waals surface area contributed by atoms with E-state index in [0.717, 1.165) is 29.9 Å². The van der Waals surface area contributed by atoms with Gasteiger partial charge in [0, 0.05) is 12.2 Å². The summed E-state index contributed by atoms with van der Waals surface area (Å²) in [7, 11) is 0. The van der Waals surface area contributed by atoms with Gasteiger partial charge in [0.05, 0.1) is 5.02 Å². The zero-order valence-electron chi connectivity index (χ0n) is 11.9. The molecule has 0 unspecified atom stereocenters. The minimum Gasteiger partial charge on any atom is -0.321 e. The molecule has 0 fully saturated rings. The van der Waals surface area contributed by atoms with Crippen LogP contribution in [0, 0.1) is 6.92 Å². The molecular weight excluding hydrogens is 327 g/mol. The lowest BCUT2D eigenvalue weighted by atomic mass is 10.1. The molecule has 2 rings (SSSR count). The monoisotopic (exact) mass is 344 g/mol. The van der Waals surface area contributed by atoms with Crippen LogP contribution in [0.15, 0.2) is 29.6 Å². The zero-order chi connectivity index (χ0) is 14.5. The number of anilines is 1. The number of nitrogens with one attached hydrogen (secondary N) is 2. The van der Waals surface area contributed by atoms with E-state index in [2.05, 4.69) is 17.6 Å². The van der Waals surface area contributed by atoms with Crippen LogP contribution in [0.5, 0.6) is 0 Å². The SMILES string of the molecule is CCNCc1ccccc1NC(=O)c1scc(C)c1Cl.Cl. The first-order chi connectivity index (χ1) is 9.63. The van der Waals surface area contributed by atoms with Crippen LogP contribution in [-0.2, 0) is 6.54 Å². The molecule has 0 bridgehead atoms. The number of thiophene rings is 1. The quantitative estimate of drug-likeness (QED) is 0.838. The fraction of sp³-hybridized carbons (Fsp3) is 0.267. The van der Waals surface area contributed by atoms with E-state index < -0.39 is 0 Å². The molecule has 0 aliphatic rings. The summed E-state index contributed by atoms with van der Waals surface area (Å²) in [6, 6.07) is 7.77. The lowest BCUT2D eigenvalue weighted by Crippen LogP contribution is -2.16. The van der Waals surface area contributed by atoms with Crippen molar-refractivity contribution in [3.05, 3.63) is 50.7 Å². The highest BCUT2D eigenvalue weighted by Gasteiger charge is 2.15. The van der Waals surface area contributed by atoms with E-state index in [1.807, 2.05) is 36.6 Å². The predicted molar refractivity (Wildman–Crippen MR) is 93.1 cm³/mol. The van der Waals surface area contributed by atoms with Crippen LogP contribution >= 0.6 is 35.3 Å². The molecule has 0 radical (unpaired) electrons. The topological polar surface area (TPSA) is 41.1 Å². The summed E-state index contributed by atoms with van der Waals surface area (Å²) in [5.41, 5.74) is 2.82. The van der Waals surface area contributed by atoms with Gasteiger partial charge in [-0.2, -0.15) is 0 Å². The number of amides is 1. The predicted octanol–water partition coefficient (Wildman–Crippen LogP) is 4.49. The van der Waals surface area contributed by atoms with Gasteiger partial charge in [0.1, 0.15) is 4.88 Å². The molecule has 1 amide bonds. The smallest absolute Gasteiger partial charge is 0.267 e. The molecule has 0 spiro atoms. The van der Waals surface area contributed by atoms with E-state index in [1.165, 1.54) is 11.3 Å². The number of para-hydroxylation sites is 1. The molecule has 114 valence electrons. The number of hydrogen-bond donors (Lipinski definition) is 2. The maximum Gasteiger partial charge on any atom is 0.267 e. The van der Waals surface area contributed by atoms with Crippen molar-refractivity contribution < 1.29 is 4.79 Å². The number of carbonyl (C=O) groups is 1. The van der Waals surface area contributed by atoms with Gasteiger partial charge in [-0.25, -0.2) is 0 Å². The van der Waals surface area contributed by atoms with Crippen molar-refractivity contribution in [2.45, 2.75) is 20.4 Å². The first kappa shape index (κ1) is 18.0. The molecule has 1 heterocycles. The average Bonchev–Trinajstić information content (AvgIpc) is 2.78. The van der Waals surface area contributed by atoms with Crippen molar-refractivity contribution in [3.63, 3.8) is 0 Å². The Morgan fingerprint density at radius 2 is 2.05 bits per heavy atom. The summed E-state index contributed by atoms with van der Waals surface area (Å²) < 4.78 is 0. The minimum absolute atomic E-state index is 0. The first-order valence-corrected chi connectivity index (χ1v) is 7.72. The molecular formula is C15H18Cl2N2OS. The van der Waals surface area contributed by atoms with Gasteiger partial charge in [-0.3, -0.25) is 4.79 Å². The van der Waals surface area contributed by atoms with Gasteiger partial charge in [0.15, 0.2) is 0 Å². The molecule has 0 atom stereocenters. The van der Waals surface area contributed by atoms with Crippen LogP contribution in [0.4, 0.5) is 5.69 Å². The molecule has 2 aromatic rings. The van der Waals surface area contributed by atoms with E-state index in [1.54, 1.807) is 0 Å². The van der Waals surface area contributed by atoms with Crippen molar-refractivity contribution >= 4 is 46.9 Å². The van der Waals surface area contributed by atoms with Gasteiger partial charge in [-0.05, 0) is 36.0 Å². The molecule has 0 aliphatic heterocycles. The summed E-state index contributed by atoms with van der Waals surface area (Å²) in [6.45, 7) is 5.56. The van der Waals surface area contributed by atoms with Crippen molar-refractivity contribution in [1.29, 1.82) is 0 Å². The maximum atomic E-state index is 12.3. The lowest BCUT2D eigenvalue weighted by Gasteiger charge is -2.11. The number of hydrogen-bond acceptors (Lipinski definition) is 3. The lowest BCUT2D eigenvalue weighted by molar-refractivity contribution is 0.103. The summed E-state index contributed by atoms with van der Waals surface area (Å²) in [6.07, 6.45) is 0. The Kier molecular flexibility index (Phi) is 7.18. The Bertz CT molecular complexity index is 613. The van der Waals surface area contributed by atoms with E-state index in [0.29, 0.717) is 9.90 Å². The van der Waals surface area contributed by atoms with Crippen molar-refractivity contribution in [3.8, 4) is 0 Å². The summed E-state index contributed by atoms with van der Waals surface area (Å²) in [5, 5.41) is 8.62. The van der Waals surface area contributed by atoms with Gasteiger partial charge >= 0.3 is 0 Å². The maximum absolute atomic E-state index is 12.3. The highest BCUT2D eigenvalue weighted by Crippen LogP contribution is 2.28. The van der Waals surface area contributed by atoms with E-state index in [4.69, 9.17) is 11.6 Å². The molecule has 0 saturated carbocycles. The van der Waals surface area contributed by atoms with Crippen molar-refractivity contribution in [1.82, 2.24) is 5.32 Å². The summed E-state index contributed by atoms with van der Waals surface area (Å²) >= 11 is 7.50. The number of rotatable bonds is 5. The van der Waals surface area contributed by atoms with Crippen LogP contribution in [-0.4, -0.2) is 12.5 Å². The third-order valence-corrected chi connectivity index (χ3v) is 4.63. The minimum atomic E-state index is -0.156. The highest BCUT2D eigenvalue weighted by molar-refractivity contribution is 7.13. The molecule has 3 nitrogen and oxygen atoms in total. The first-order valence-electron chi connectivity index (χ1n) is 6.47. The van der Waals surface area contributed by atoms with Gasteiger partial charge < -0.3 is 10.6 Å². The zero-order valence-corrected chi connectivity index (χ0v) is 14.3. The van der Waals surface area contributed by atoms with Crippen LogP contribution in [0.25, 0.3) is 0 Å². The molecule has 2 N–H and O–H groups in total. The molecule has 0 aliphatic carbocycles. The van der Waals surface area contributed by atoms with E-state index in [-0.39, 0.29) is 18.3 Å². The van der Waals surface area contributed by atoms with Crippen molar-refractivity contribution in [2.24, 2.45) is 0 Å². The molecule has 1 aromatic carbocycles. The highest BCUT2D eigenvalue weighted by atomic mass is 35.5. The van der Waals surface area contributed by atoms with Crippen molar-refractivity contribution in [2.75, 3.05) is 11.9 Å². The third kappa shape index (κ3) is 4.45. The second-order valence-electron chi connectivity index (χ2n) is 4.45. The number of carbonyl (C=O) groups excluding carboxylic acids is 1. The van der Waals surface area contributed by atoms with Gasteiger partial charge in [0.2, 0.25) is 0 Å². The number of benzene rings is 1. The normalized spacial score (nSPS) is 10.0. The standard InChI is InChI=1S/C15H17ClN2OS.ClH/c1-3-17-8-11-6-4-5-7-12(11)18-15(19)14-13(16)10(2)9-20-14;/h4-7,9,17H,3,8H2,1-2H3,(H,18,19);1H. The molecule has 21 heavy (non-hydrogen) atoms. The summed E-state index contributed by atoms with van der Waals surface area (Å²) in [5.74, 6) is -0.156. The number of aryl methyl sites for hydroxylation is 1. The fourth-order valence-electron chi connectivity index (χ4n) is 1.82. The van der Waals surface area contributed by atoms with Crippen LogP contribution in [0.2, 0.25) is 5.02 Å². The van der Waals surface area contributed by atoms with Gasteiger partial charge in [0.25, 0.3) is 5.91 Å². The van der Waals surface area contributed by atoms with Gasteiger partial charge in [-0.1, -0.05) is 36.7 Å². The number of halogens is 2. The second kappa shape index (κ2) is 8.39. The Labute approximate surface area is 140 Å². The van der Waals surface area contributed by atoms with E-state index in [9.17, 15) is 4.79 Å². The Balaban J connectivity index is 0.00000220. The average molecular weight is 345 g/mol. The fourth-order valence-corrected chi connectivity index (χ4v) is 2.99. The molecule has 1 aromatic heterocycles. The van der Waals surface area contributed by atoms with E-state index >= 15 is 0 Å². The van der Waals surface area contributed by atoms with Gasteiger partial charge in [-0.15, -0.1) is 23.7 Å². The Morgan fingerprint density at radius 1 is 1.33 bits per heavy atom. The largest absolute Gasteiger partial charge is 0.321 e. The Morgan fingerprint density at radius 3 is 2.67 bits per heavy atom. The van der Waals surface area contributed by atoms with Crippen LogP contribution in [0.3, 0.4) is 0 Å². The van der Waals surface area contributed by atoms with Crippen LogP contribution < -0.4 is 10.6 Å². The Hall–Kier alpha value is -1.07. The summed E-state index contributed by atoms with van der Waals surface area (Å²) in [4.78, 5) is 12.8.